The van der Waals surface area contributed by atoms with Crippen LogP contribution in [0.5, 0.6) is 0 Å². The van der Waals surface area contributed by atoms with E-state index < -0.39 is 0 Å². The summed E-state index contributed by atoms with van der Waals surface area (Å²) in [7, 11) is 0. The van der Waals surface area contributed by atoms with Crippen molar-refractivity contribution in [2.24, 2.45) is 5.92 Å². The van der Waals surface area contributed by atoms with Gasteiger partial charge >= 0.3 is 0 Å². The summed E-state index contributed by atoms with van der Waals surface area (Å²) in [6, 6.07) is -0.00402. The van der Waals surface area contributed by atoms with Crippen LogP contribution in [0.2, 0.25) is 0 Å². The first kappa shape index (κ1) is 18.8. The van der Waals surface area contributed by atoms with Crippen LogP contribution in [0.1, 0.15) is 39.0 Å². The molecule has 5 atom stereocenters. The van der Waals surface area contributed by atoms with E-state index >= 15 is 0 Å². The number of hydrogen-bond donors (Lipinski definition) is 4. The topological polar surface area (TPSA) is 65.2 Å². The average Bonchev–Trinajstić information content (AvgIpc) is 3.27. The lowest BCUT2D eigenvalue weighted by Crippen LogP contribution is -2.48. The zero-order chi connectivity index (χ0) is 16.8. The number of hydrogen-bond acceptors (Lipinski definition) is 6. The molecule has 7 heteroatoms. The summed E-state index contributed by atoms with van der Waals surface area (Å²) < 4.78 is 0. The second-order valence-corrected chi connectivity index (χ2v) is 9.79. The molecule has 24 heavy (non-hydrogen) atoms. The van der Waals surface area contributed by atoms with E-state index in [1.54, 1.807) is 0 Å². The summed E-state index contributed by atoms with van der Waals surface area (Å²) in [5, 5.41) is 14.9. The van der Waals surface area contributed by atoms with E-state index in [0.29, 0.717) is 16.8 Å². The first-order valence-corrected chi connectivity index (χ1v) is 11.6. The van der Waals surface area contributed by atoms with Crippen molar-refractivity contribution in [2.45, 2.75) is 61.9 Å². The van der Waals surface area contributed by atoms with Crippen LogP contribution in [-0.4, -0.2) is 59.9 Å². The third-order valence-corrected chi connectivity index (χ3v) is 8.11. The van der Waals surface area contributed by atoms with Crippen LogP contribution in [0.3, 0.4) is 0 Å². The Hall–Kier alpha value is 0.0500. The minimum atomic E-state index is -0.00402. The van der Waals surface area contributed by atoms with Gasteiger partial charge in [-0.3, -0.25) is 10.1 Å². The lowest BCUT2D eigenvalue weighted by atomic mass is 10.00. The van der Waals surface area contributed by atoms with Crippen molar-refractivity contribution in [3.8, 4) is 0 Å². The summed E-state index contributed by atoms with van der Waals surface area (Å²) in [6.07, 6.45) is 6.57. The lowest BCUT2D eigenvalue weighted by Gasteiger charge is -2.28. The van der Waals surface area contributed by atoms with Gasteiger partial charge in [0.1, 0.15) is 0 Å². The highest BCUT2D eigenvalue weighted by Gasteiger charge is 2.35. The van der Waals surface area contributed by atoms with Crippen LogP contribution in [-0.2, 0) is 4.79 Å². The highest BCUT2D eigenvalue weighted by Crippen LogP contribution is 2.36. The Morgan fingerprint density at radius 3 is 2.88 bits per heavy atom. The molecule has 3 fully saturated rings. The predicted molar refractivity (Wildman–Crippen MR) is 104 cm³/mol. The van der Waals surface area contributed by atoms with Crippen LogP contribution in [0.25, 0.3) is 0 Å². The number of thioether (sulfide) groups is 2. The molecule has 3 saturated heterocycles. The number of piperidine rings is 1. The summed E-state index contributed by atoms with van der Waals surface area (Å²) in [5.74, 6) is 3.17. The highest BCUT2D eigenvalue weighted by molar-refractivity contribution is 8.04. The minimum absolute atomic E-state index is 0.00402. The van der Waals surface area contributed by atoms with Crippen LogP contribution in [0, 0.1) is 5.92 Å². The molecule has 0 bridgehead atoms. The van der Waals surface area contributed by atoms with Gasteiger partial charge in [0.05, 0.1) is 17.6 Å². The molecule has 3 rings (SSSR count). The van der Waals surface area contributed by atoms with Gasteiger partial charge in [-0.05, 0) is 56.9 Å². The Kier molecular flexibility index (Phi) is 7.58. The van der Waals surface area contributed by atoms with Crippen molar-refractivity contribution in [3.63, 3.8) is 0 Å². The van der Waals surface area contributed by atoms with Gasteiger partial charge in [-0.25, -0.2) is 0 Å². The molecule has 1 amide bonds. The van der Waals surface area contributed by atoms with Gasteiger partial charge in [0, 0.05) is 17.5 Å². The van der Waals surface area contributed by atoms with Crippen LogP contribution in [0.15, 0.2) is 0 Å². The number of amides is 1. The molecule has 0 saturated carbocycles. The molecule has 138 valence electrons. The number of rotatable bonds is 7. The highest BCUT2D eigenvalue weighted by atomic mass is 32.2. The number of carbonyl (C=O) groups excluding carboxylic acids is 1. The van der Waals surface area contributed by atoms with Crippen molar-refractivity contribution >= 4 is 29.4 Å². The molecule has 5 unspecified atom stereocenters. The van der Waals surface area contributed by atoms with Crippen molar-refractivity contribution in [2.75, 3.05) is 31.1 Å². The monoisotopic (exact) mass is 372 g/mol. The van der Waals surface area contributed by atoms with Crippen LogP contribution in [0.4, 0.5) is 0 Å². The van der Waals surface area contributed by atoms with Crippen molar-refractivity contribution in [3.05, 3.63) is 0 Å². The van der Waals surface area contributed by atoms with Gasteiger partial charge in [0.2, 0.25) is 5.91 Å². The minimum Gasteiger partial charge on any atom is -0.355 e. The Balaban J connectivity index is 1.24. The largest absolute Gasteiger partial charge is 0.355 e. The van der Waals surface area contributed by atoms with E-state index in [9.17, 15) is 4.79 Å². The molecule has 3 heterocycles. The quantitative estimate of drug-likeness (QED) is 0.506. The van der Waals surface area contributed by atoms with Gasteiger partial charge in [0.25, 0.3) is 0 Å². The zero-order valence-corrected chi connectivity index (χ0v) is 16.3. The van der Waals surface area contributed by atoms with E-state index in [4.69, 9.17) is 0 Å². The molecule has 3 aliphatic heterocycles. The van der Waals surface area contributed by atoms with Gasteiger partial charge in [-0.2, -0.15) is 11.8 Å². The van der Waals surface area contributed by atoms with Gasteiger partial charge in [0.15, 0.2) is 0 Å². The summed E-state index contributed by atoms with van der Waals surface area (Å²) in [6.45, 7) is 5.13. The van der Waals surface area contributed by atoms with E-state index in [1.807, 2.05) is 11.8 Å². The Bertz CT molecular complexity index is 398. The molecule has 0 aromatic carbocycles. The van der Waals surface area contributed by atoms with Gasteiger partial charge in [-0.15, -0.1) is 11.8 Å². The molecule has 0 aromatic heterocycles. The van der Waals surface area contributed by atoms with Crippen molar-refractivity contribution < 1.29 is 4.79 Å². The SMILES string of the molecule is CC1CCC(NCCCNC(=O)C2CSC(C3CCCS3)N2)NC1. The Morgan fingerprint density at radius 2 is 2.12 bits per heavy atom. The first-order chi connectivity index (χ1) is 11.7. The standard InChI is InChI=1S/C17H32N4OS2/c1-12-5-6-15(20-10-12)18-7-3-8-19-16(22)13-11-24-17(21-13)14-4-2-9-23-14/h12-15,17-18,20-21H,2-11H2,1H3,(H,19,22). The second kappa shape index (κ2) is 9.67. The van der Waals surface area contributed by atoms with Crippen molar-refractivity contribution in [1.82, 2.24) is 21.3 Å². The third kappa shape index (κ3) is 5.53. The number of carbonyl (C=O) groups is 1. The second-order valence-electron chi connectivity index (χ2n) is 7.27. The maximum atomic E-state index is 12.3. The molecule has 0 radical (unpaired) electrons. The van der Waals surface area contributed by atoms with E-state index in [0.717, 1.165) is 37.7 Å². The molecule has 3 aliphatic rings. The van der Waals surface area contributed by atoms with Crippen molar-refractivity contribution in [1.29, 1.82) is 0 Å². The molecule has 0 aromatic rings. The normalized spacial score (nSPS) is 36.8. The molecular formula is C17H32N4OS2. The van der Waals surface area contributed by atoms with E-state index in [2.05, 4.69) is 40.0 Å². The summed E-state index contributed by atoms with van der Waals surface area (Å²) in [5.41, 5.74) is 0. The summed E-state index contributed by atoms with van der Waals surface area (Å²) in [4.78, 5) is 12.3. The van der Waals surface area contributed by atoms with E-state index in [1.165, 1.54) is 31.4 Å². The zero-order valence-electron chi connectivity index (χ0n) is 14.7. The molecule has 0 spiro atoms. The molecule has 5 nitrogen and oxygen atoms in total. The Labute approximate surface area is 154 Å². The fourth-order valence-electron chi connectivity index (χ4n) is 3.57. The maximum absolute atomic E-state index is 12.3. The first-order valence-electron chi connectivity index (χ1n) is 9.46. The fourth-order valence-corrected chi connectivity index (χ4v) is 6.53. The average molecular weight is 373 g/mol. The summed E-state index contributed by atoms with van der Waals surface area (Å²) >= 11 is 3.99. The lowest BCUT2D eigenvalue weighted by molar-refractivity contribution is -0.122. The van der Waals surface area contributed by atoms with E-state index in [-0.39, 0.29) is 11.9 Å². The molecule has 0 aliphatic carbocycles. The smallest absolute Gasteiger partial charge is 0.238 e. The van der Waals surface area contributed by atoms with Gasteiger partial charge in [-0.1, -0.05) is 6.92 Å². The Morgan fingerprint density at radius 1 is 1.21 bits per heavy atom. The van der Waals surface area contributed by atoms with Crippen LogP contribution >= 0.6 is 23.5 Å². The third-order valence-electron chi connectivity index (χ3n) is 5.13. The maximum Gasteiger partial charge on any atom is 0.238 e. The van der Waals surface area contributed by atoms with Crippen LogP contribution < -0.4 is 21.3 Å². The predicted octanol–water partition coefficient (Wildman–Crippen LogP) is 1.35. The fraction of sp³-hybridized carbons (Fsp3) is 0.941. The van der Waals surface area contributed by atoms with Gasteiger partial charge < -0.3 is 16.0 Å². The molecule has 4 N–H and O–H groups in total. The number of nitrogens with one attached hydrogen (secondary N) is 4. The molecular weight excluding hydrogens is 340 g/mol.